The molecule has 6 heteroatoms. The molecule has 0 bridgehead atoms. The van der Waals surface area contributed by atoms with Crippen LogP contribution in [0.15, 0.2) is 57.7 Å². The molecule has 0 aliphatic rings. The van der Waals surface area contributed by atoms with Crippen molar-refractivity contribution >= 4 is 55.6 Å². The van der Waals surface area contributed by atoms with Crippen molar-refractivity contribution in [2.75, 3.05) is 5.32 Å². The number of amides is 1. The predicted molar refractivity (Wildman–Crippen MR) is 102 cm³/mol. The lowest BCUT2D eigenvalue weighted by Gasteiger charge is -2.07. The van der Waals surface area contributed by atoms with E-state index in [1.54, 1.807) is 30.3 Å². The summed E-state index contributed by atoms with van der Waals surface area (Å²) in [5.41, 5.74) is 1.62. The Balaban J connectivity index is 1.80. The van der Waals surface area contributed by atoms with Crippen LogP contribution in [0.1, 0.15) is 15.2 Å². The SMILES string of the molecule is Cc1ccc(Cl)cc1NC(=O)c1cc2c(=O)oc3ccccc3c2s1. The normalized spacial score (nSPS) is 11.1. The van der Waals surface area contributed by atoms with Gasteiger partial charge < -0.3 is 9.73 Å². The Kier molecular flexibility index (Phi) is 3.82. The molecule has 124 valence electrons. The number of hydrogen-bond donors (Lipinski definition) is 1. The number of hydrogen-bond acceptors (Lipinski definition) is 4. The summed E-state index contributed by atoms with van der Waals surface area (Å²) >= 11 is 7.27. The van der Waals surface area contributed by atoms with Crippen molar-refractivity contribution in [2.24, 2.45) is 0 Å². The van der Waals surface area contributed by atoms with E-state index >= 15 is 0 Å². The number of para-hydroxylation sites is 1. The standard InChI is InChI=1S/C19H12ClNO3S/c1-10-6-7-11(20)8-14(10)21-18(22)16-9-13-17(25-16)12-4-2-3-5-15(12)24-19(13)23/h2-9H,1H3,(H,21,22). The number of benzene rings is 2. The number of fused-ring (bicyclic) bond motifs is 3. The van der Waals surface area contributed by atoms with Crippen molar-refractivity contribution in [1.29, 1.82) is 0 Å². The van der Waals surface area contributed by atoms with E-state index in [1.807, 2.05) is 25.1 Å². The molecule has 2 aromatic heterocycles. The zero-order valence-electron chi connectivity index (χ0n) is 13.1. The largest absolute Gasteiger partial charge is 0.422 e. The molecular formula is C19H12ClNO3S. The lowest BCUT2D eigenvalue weighted by Crippen LogP contribution is -2.11. The predicted octanol–water partition coefficient (Wildman–Crippen LogP) is 5.22. The van der Waals surface area contributed by atoms with Gasteiger partial charge in [0, 0.05) is 16.1 Å². The monoisotopic (exact) mass is 369 g/mol. The quantitative estimate of drug-likeness (QED) is 0.493. The lowest BCUT2D eigenvalue weighted by molar-refractivity contribution is 0.103. The first-order valence-corrected chi connectivity index (χ1v) is 8.75. The zero-order chi connectivity index (χ0) is 17.6. The third-order valence-corrected chi connectivity index (χ3v) is 5.36. The molecule has 4 nitrogen and oxygen atoms in total. The van der Waals surface area contributed by atoms with E-state index < -0.39 is 5.63 Å². The highest BCUT2D eigenvalue weighted by Gasteiger charge is 2.16. The van der Waals surface area contributed by atoms with Gasteiger partial charge in [-0.05, 0) is 42.8 Å². The maximum Gasteiger partial charge on any atom is 0.345 e. The summed E-state index contributed by atoms with van der Waals surface area (Å²) < 4.78 is 6.07. The van der Waals surface area contributed by atoms with Crippen LogP contribution in [0.25, 0.3) is 21.1 Å². The molecule has 0 saturated carbocycles. The van der Waals surface area contributed by atoms with E-state index in [-0.39, 0.29) is 5.91 Å². The van der Waals surface area contributed by atoms with E-state index in [0.29, 0.717) is 26.6 Å². The molecule has 0 aliphatic heterocycles. The van der Waals surface area contributed by atoms with Gasteiger partial charge in [-0.15, -0.1) is 11.3 Å². The maximum atomic E-state index is 12.6. The van der Waals surface area contributed by atoms with Crippen LogP contribution < -0.4 is 10.9 Å². The van der Waals surface area contributed by atoms with E-state index in [2.05, 4.69) is 5.32 Å². The Morgan fingerprint density at radius 1 is 1.12 bits per heavy atom. The Bertz CT molecular complexity index is 1190. The molecule has 0 atom stereocenters. The Hall–Kier alpha value is -2.63. The molecule has 1 amide bonds. The van der Waals surface area contributed by atoms with E-state index in [0.717, 1.165) is 15.6 Å². The third kappa shape index (κ3) is 2.81. The highest BCUT2D eigenvalue weighted by molar-refractivity contribution is 7.21. The fraction of sp³-hybridized carbons (Fsp3) is 0.0526. The van der Waals surface area contributed by atoms with Crippen LogP contribution >= 0.6 is 22.9 Å². The minimum atomic E-state index is -0.442. The molecule has 4 rings (SSSR count). The number of halogens is 1. The smallest absolute Gasteiger partial charge is 0.345 e. The average Bonchev–Trinajstić information content (AvgIpc) is 3.05. The van der Waals surface area contributed by atoms with Gasteiger partial charge in [-0.2, -0.15) is 0 Å². The molecule has 0 aliphatic carbocycles. The summed E-state index contributed by atoms with van der Waals surface area (Å²) in [6, 6.07) is 14.2. The van der Waals surface area contributed by atoms with Gasteiger partial charge in [-0.1, -0.05) is 29.8 Å². The summed E-state index contributed by atoms with van der Waals surface area (Å²) in [4.78, 5) is 25.2. The van der Waals surface area contributed by atoms with Crippen molar-refractivity contribution in [3.05, 3.63) is 74.4 Å². The van der Waals surface area contributed by atoms with Gasteiger partial charge in [-0.3, -0.25) is 4.79 Å². The first kappa shape index (κ1) is 15.9. The third-order valence-electron chi connectivity index (χ3n) is 3.96. The second-order valence-corrected chi connectivity index (χ2v) is 7.14. The molecule has 0 unspecified atom stereocenters. The number of anilines is 1. The van der Waals surface area contributed by atoms with Gasteiger partial charge in [0.1, 0.15) is 5.58 Å². The van der Waals surface area contributed by atoms with Crippen molar-refractivity contribution in [3.63, 3.8) is 0 Å². The van der Waals surface area contributed by atoms with E-state index in [1.165, 1.54) is 11.3 Å². The van der Waals surface area contributed by atoms with Gasteiger partial charge in [0.15, 0.2) is 0 Å². The number of thiophene rings is 1. The lowest BCUT2D eigenvalue weighted by atomic mass is 10.2. The summed E-state index contributed by atoms with van der Waals surface area (Å²) in [6.45, 7) is 1.89. The van der Waals surface area contributed by atoms with Gasteiger partial charge in [0.05, 0.1) is 15.0 Å². The first-order valence-electron chi connectivity index (χ1n) is 7.56. The van der Waals surface area contributed by atoms with Crippen molar-refractivity contribution in [1.82, 2.24) is 0 Å². The zero-order valence-corrected chi connectivity index (χ0v) is 14.7. The van der Waals surface area contributed by atoms with Crippen LogP contribution in [0.3, 0.4) is 0 Å². The number of carbonyl (C=O) groups excluding carboxylic acids is 1. The topological polar surface area (TPSA) is 59.3 Å². The molecule has 2 aromatic carbocycles. The molecule has 4 aromatic rings. The average molecular weight is 370 g/mol. The summed E-state index contributed by atoms with van der Waals surface area (Å²) in [7, 11) is 0. The Morgan fingerprint density at radius 2 is 1.92 bits per heavy atom. The van der Waals surface area contributed by atoms with Crippen LogP contribution in [-0.2, 0) is 0 Å². The van der Waals surface area contributed by atoms with Crippen LogP contribution in [0, 0.1) is 6.92 Å². The molecule has 25 heavy (non-hydrogen) atoms. The molecule has 1 N–H and O–H groups in total. The van der Waals surface area contributed by atoms with Crippen molar-refractivity contribution in [2.45, 2.75) is 6.92 Å². The van der Waals surface area contributed by atoms with Gasteiger partial charge in [0.2, 0.25) is 0 Å². The fourth-order valence-electron chi connectivity index (χ4n) is 2.67. The summed E-state index contributed by atoms with van der Waals surface area (Å²) in [5, 5.41) is 4.63. The summed E-state index contributed by atoms with van der Waals surface area (Å²) in [5.74, 6) is -0.282. The number of carbonyl (C=O) groups is 1. The van der Waals surface area contributed by atoms with Crippen LogP contribution in [0.4, 0.5) is 5.69 Å². The summed E-state index contributed by atoms with van der Waals surface area (Å²) in [6.07, 6.45) is 0. The van der Waals surface area contributed by atoms with Crippen molar-refractivity contribution < 1.29 is 9.21 Å². The molecule has 0 fully saturated rings. The molecule has 2 heterocycles. The fourth-order valence-corrected chi connectivity index (χ4v) is 3.91. The Labute approximate surface area is 151 Å². The Morgan fingerprint density at radius 3 is 2.76 bits per heavy atom. The second kappa shape index (κ2) is 6.02. The highest BCUT2D eigenvalue weighted by Crippen LogP contribution is 2.31. The minimum absolute atomic E-state index is 0.282. The second-order valence-electron chi connectivity index (χ2n) is 5.65. The molecule has 0 spiro atoms. The van der Waals surface area contributed by atoms with Crippen LogP contribution in [0.2, 0.25) is 5.02 Å². The van der Waals surface area contributed by atoms with Gasteiger partial charge in [-0.25, -0.2) is 4.79 Å². The molecule has 0 saturated heterocycles. The van der Waals surface area contributed by atoms with Crippen LogP contribution in [-0.4, -0.2) is 5.91 Å². The van der Waals surface area contributed by atoms with Gasteiger partial charge >= 0.3 is 5.63 Å². The maximum absolute atomic E-state index is 12.6. The minimum Gasteiger partial charge on any atom is -0.422 e. The molecular weight excluding hydrogens is 358 g/mol. The van der Waals surface area contributed by atoms with E-state index in [4.69, 9.17) is 16.0 Å². The van der Waals surface area contributed by atoms with E-state index in [9.17, 15) is 9.59 Å². The molecule has 0 radical (unpaired) electrons. The number of rotatable bonds is 2. The van der Waals surface area contributed by atoms with Crippen molar-refractivity contribution in [3.8, 4) is 0 Å². The van der Waals surface area contributed by atoms with Gasteiger partial charge in [0.25, 0.3) is 5.91 Å². The number of nitrogens with one attached hydrogen (secondary N) is 1. The number of aryl methyl sites for hydroxylation is 1. The first-order chi connectivity index (χ1) is 12.0. The van der Waals surface area contributed by atoms with Crippen LogP contribution in [0.5, 0.6) is 0 Å². The highest BCUT2D eigenvalue weighted by atomic mass is 35.5.